The summed E-state index contributed by atoms with van der Waals surface area (Å²) in [6.07, 6.45) is 5.21. The summed E-state index contributed by atoms with van der Waals surface area (Å²) in [4.78, 5) is 27.9. The van der Waals surface area contributed by atoms with Crippen molar-refractivity contribution in [1.82, 2.24) is 20.4 Å². The molecule has 0 spiro atoms. The minimum atomic E-state index is -0.915. The maximum absolute atomic E-state index is 11.7. The van der Waals surface area contributed by atoms with Crippen molar-refractivity contribution in [2.75, 3.05) is 19.0 Å². The number of amidine groups is 1. The molecule has 1 unspecified atom stereocenters. The second kappa shape index (κ2) is 11.8. The Labute approximate surface area is 244 Å². The molecule has 2 aliphatic rings. The summed E-state index contributed by atoms with van der Waals surface area (Å²) < 4.78 is 7.24. The van der Waals surface area contributed by atoms with E-state index >= 15 is 0 Å². The van der Waals surface area contributed by atoms with Crippen LogP contribution in [0.4, 0.5) is 5.69 Å². The Kier molecular flexibility index (Phi) is 7.97. The predicted octanol–water partition coefficient (Wildman–Crippen LogP) is 4.54. The van der Waals surface area contributed by atoms with Gasteiger partial charge in [0.05, 0.1) is 17.3 Å². The van der Waals surface area contributed by atoms with Crippen LogP contribution in [0.1, 0.15) is 50.8 Å². The summed E-state index contributed by atoms with van der Waals surface area (Å²) in [5.74, 6) is 0.172. The number of aliphatic imine (C=N–C) groups is 1. The number of rotatable bonds is 9. The molecule has 5 rings (SSSR count). The Morgan fingerprint density at radius 2 is 2.07 bits per heavy atom. The summed E-state index contributed by atoms with van der Waals surface area (Å²) in [6.45, 7) is 12.8. The van der Waals surface area contributed by atoms with E-state index in [0.717, 1.165) is 40.8 Å². The van der Waals surface area contributed by atoms with Crippen molar-refractivity contribution in [2.24, 2.45) is 4.99 Å². The first-order valence-electron chi connectivity index (χ1n) is 13.7. The summed E-state index contributed by atoms with van der Waals surface area (Å²) in [6, 6.07) is 11.1. The number of aromatic carboxylic acids is 1. The Hall–Kier alpha value is -5.12. The number of nitrogens with one attached hydrogen (secondary N) is 3. The number of ether oxygens (including phenoxy) is 1. The number of hydrogen-bond donors (Lipinski definition) is 4. The molecule has 2 aromatic carbocycles. The van der Waals surface area contributed by atoms with Gasteiger partial charge in [0.2, 0.25) is 0 Å². The van der Waals surface area contributed by atoms with Crippen LogP contribution in [0.3, 0.4) is 0 Å². The first-order chi connectivity index (χ1) is 20.2. The van der Waals surface area contributed by atoms with E-state index in [1.54, 1.807) is 24.0 Å². The van der Waals surface area contributed by atoms with Crippen LogP contribution in [-0.4, -0.2) is 46.3 Å². The van der Waals surface area contributed by atoms with Crippen LogP contribution in [0.2, 0.25) is 0 Å². The van der Waals surface area contributed by atoms with Crippen LogP contribution in [-0.2, 0) is 17.8 Å². The van der Waals surface area contributed by atoms with Crippen molar-refractivity contribution in [3.8, 4) is 5.75 Å². The molecule has 1 aliphatic carbocycles. The monoisotopic (exact) mass is 566 g/mol. The number of benzene rings is 2. The molecule has 0 fully saturated rings. The number of carbonyl (C=O) groups is 2. The number of anilines is 1. The smallest absolute Gasteiger partial charge is 0.335 e. The number of fused-ring (bicyclic) bond motifs is 2. The van der Waals surface area contributed by atoms with Gasteiger partial charge in [0, 0.05) is 31.2 Å². The third-order valence-corrected chi connectivity index (χ3v) is 7.64. The molecule has 1 atom stereocenters. The van der Waals surface area contributed by atoms with Gasteiger partial charge in [-0.05, 0) is 84.9 Å². The highest BCUT2D eigenvalue weighted by atomic mass is 16.5. The van der Waals surface area contributed by atoms with Crippen LogP contribution in [0, 0.1) is 13.8 Å². The van der Waals surface area contributed by atoms with Gasteiger partial charge in [0.1, 0.15) is 17.3 Å². The Bertz CT molecular complexity index is 1670. The van der Waals surface area contributed by atoms with Crippen LogP contribution in [0.25, 0.3) is 5.70 Å². The fourth-order valence-electron chi connectivity index (χ4n) is 5.35. The largest absolute Gasteiger partial charge is 0.482 e. The normalized spacial score (nSPS) is 16.2. The highest BCUT2D eigenvalue weighted by Crippen LogP contribution is 2.35. The van der Waals surface area contributed by atoms with E-state index in [4.69, 9.17) is 4.74 Å². The van der Waals surface area contributed by atoms with E-state index in [1.165, 1.54) is 0 Å². The van der Waals surface area contributed by atoms with Crippen LogP contribution in [0.5, 0.6) is 5.75 Å². The average Bonchev–Trinajstić information content (AvgIpc) is 3.59. The van der Waals surface area contributed by atoms with Gasteiger partial charge in [-0.15, -0.1) is 0 Å². The van der Waals surface area contributed by atoms with E-state index in [1.807, 2.05) is 50.3 Å². The molecule has 0 saturated heterocycles. The number of amides is 1. The number of hydrogen-bond acceptors (Lipinski definition) is 6. The van der Waals surface area contributed by atoms with Gasteiger partial charge >= 0.3 is 5.97 Å². The number of aryl methyl sites for hydroxylation is 1. The number of allylic oxidation sites excluding steroid dienone is 1. The minimum Gasteiger partial charge on any atom is -0.482 e. The molecule has 3 aromatic rings. The molecule has 0 bridgehead atoms. The van der Waals surface area contributed by atoms with Crippen LogP contribution in [0.15, 0.2) is 78.1 Å². The first-order valence-corrected chi connectivity index (χ1v) is 13.7. The SMILES string of the molecule is C=C(/C=C(/C(=NC)NC1CCc2c1ccc(C(=O)O)c2C)n1nccc1C)C(=C)NCc1ccc2c(c1)NC(=O)CO2. The molecule has 10 nitrogen and oxygen atoms in total. The highest BCUT2D eigenvalue weighted by Gasteiger charge is 2.28. The lowest BCUT2D eigenvalue weighted by atomic mass is 9.98. The van der Waals surface area contributed by atoms with Crippen LogP contribution < -0.4 is 20.7 Å². The van der Waals surface area contributed by atoms with E-state index in [-0.39, 0.29) is 18.6 Å². The Balaban J connectivity index is 1.35. The molecule has 0 radical (unpaired) electrons. The van der Waals surface area contributed by atoms with Crippen molar-refractivity contribution >= 4 is 29.1 Å². The van der Waals surface area contributed by atoms with Crippen molar-refractivity contribution in [3.05, 3.63) is 107 Å². The standard InChI is InChI=1S/C32H34N6O4/c1-18(21(4)34-16-22-6-11-29-27(15-22)36-30(39)17-42-29)14-28(38-19(2)12-13-35-38)31(33-5)37-26-10-9-23-20(3)24(32(40)41)7-8-25(23)26/h6-8,11-15,26,34H,1,4,9-10,16-17H2,2-3,5H3,(H,33,37)(H,36,39)(H,40,41)/b28-14-. The third-order valence-electron chi connectivity index (χ3n) is 7.64. The zero-order valence-corrected chi connectivity index (χ0v) is 24.0. The topological polar surface area (TPSA) is 130 Å². The first kappa shape index (κ1) is 28.4. The van der Waals surface area contributed by atoms with Gasteiger partial charge in [-0.3, -0.25) is 9.79 Å². The fourth-order valence-corrected chi connectivity index (χ4v) is 5.35. The van der Waals surface area contributed by atoms with E-state index in [9.17, 15) is 14.7 Å². The van der Waals surface area contributed by atoms with Gasteiger partial charge in [0.15, 0.2) is 6.61 Å². The zero-order chi connectivity index (χ0) is 30.0. The molecule has 1 aliphatic heterocycles. The fraction of sp³-hybridized carbons (Fsp3) is 0.250. The molecular formula is C32H34N6O4. The zero-order valence-electron chi connectivity index (χ0n) is 24.0. The Morgan fingerprint density at radius 3 is 2.79 bits per heavy atom. The van der Waals surface area contributed by atoms with Crippen molar-refractivity contribution in [1.29, 1.82) is 0 Å². The summed E-state index contributed by atoms with van der Waals surface area (Å²) in [5.41, 5.74) is 7.76. The predicted molar refractivity (Wildman–Crippen MR) is 163 cm³/mol. The van der Waals surface area contributed by atoms with E-state index in [2.05, 4.69) is 39.2 Å². The third kappa shape index (κ3) is 5.69. The van der Waals surface area contributed by atoms with E-state index in [0.29, 0.717) is 46.3 Å². The molecular weight excluding hydrogens is 532 g/mol. The second-order valence-corrected chi connectivity index (χ2v) is 10.4. The molecule has 2 heterocycles. The van der Waals surface area contributed by atoms with Crippen molar-refractivity contribution in [3.63, 3.8) is 0 Å². The second-order valence-electron chi connectivity index (χ2n) is 10.4. The maximum Gasteiger partial charge on any atom is 0.335 e. The summed E-state index contributed by atoms with van der Waals surface area (Å²) >= 11 is 0. The highest BCUT2D eigenvalue weighted by molar-refractivity contribution is 6.17. The van der Waals surface area contributed by atoms with E-state index < -0.39 is 5.97 Å². The van der Waals surface area contributed by atoms with Crippen molar-refractivity contribution < 1.29 is 19.4 Å². The Morgan fingerprint density at radius 1 is 1.26 bits per heavy atom. The van der Waals surface area contributed by atoms with Gasteiger partial charge < -0.3 is 25.8 Å². The average molecular weight is 567 g/mol. The van der Waals surface area contributed by atoms with Gasteiger partial charge in [-0.1, -0.05) is 25.3 Å². The molecule has 216 valence electrons. The molecule has 1 amide bonds. The number of carboxylic acid groups (broad SMARTS) is 1. The molecule has 10 heteroatoms. The summed E-state index contributed by atoms with van der Waals surface area (Å²) in [5, 5.41) is 23.8. The number of nitrogens with zero attached hydrogens (tertiary/aromatic N) is 3. The lowest BCUT2D eigenvalue weighted by Crippen LogP contribution is -2.31. The maximum atomic E-state index is 11.7. The van der Waals surface area contributed by atoms with Crippen molar-refractivity contribution in [2.45, 2.75) is 39.3 Å². The summed E-state index contributed by atoms with van der Waals surface area (Å²) in [7, 11) is 1.72. The molecule has 0 saturated carbocycles. The minimum absolute atomic E-state index is 0.0160. The lowest BCUT2D eigenvalue weighted by Gasteiger charge is -2.21. The number of aromatic nitrogens is 2. The quantitative estimate of drug-likeness (QED) is 0.170. The number of carbonyl (C=O) groups excluding carboxylic acids is 1. The van der Waals surface area contributed by atoms with Gasteiger partial charge in [0.25, 0.3) is 5.91 Å². The number of carboxylic acids is 1. The van der Waals surface area contributed by atoms with Crippen LogP contribution >= 0.6 is 0 Å². The van der Waals surface area contributed by atoms with Gasteiger partial charge in [-0.2, -0.15) is 5.10 Å². The molecule has 1 aromatic heterocycles. The molecule has 42 heavy (non-hydrogen) atoms. The lowest BCUT2D eigenvalue weighted by molar-refractivity contribution is -0.118. The molecule has 4 N–H and O–H groups in total. The van der Waals surface area contributed by atoms with Gasteiger partial charge in [-0.25, -0.2) is 9.48 Å².